The van der Waals surface area contributed by atoms with Crippen molar-refractivity contribution in [1.29, 1.82) is 0 Å². The molecule has 7 heteroatoms. The summed E-state index contributed by atoms with van der Waals surface area (Å²) in [6.07, 6.45) is 2.28. The third-order valence-corrected chi connectivity index (χ3v) is 11.0. The number of carbonyl (C=O) groups is 2. The molecule has 0 aromatic rings. The van der Waals surface area contributed by atoms with Crippen LogP contribution >= 0.6 is 15.8 Å². The summed E-state index contributed by atoms with van der Waals surface area (Å²) < 4.78 is 0. The molecule has 0 rings (SSSR count). The molecule has 31 heavy (non-hydrogen) atoms. The zero-order chi connectivity index (χ0) is 25.2. The Morgan fingerprint density at radius 2 is 0.581 bits per heavy atom. The van der Waals surface area contributed by atoms with Crippen LogP contribution in [0.5, 0.6) is 0 Å². The quantitative estimate of drug-likeness (QED) is 0.142. The van der Waals surface area contributed by atoms with Crippen LogP contribution in [-0.2, 0) is 38.7 Å². The van der Waals surface area contributed by atoms with Gasteiger partial charge in [-0.05, 0) is 47.8 Å². The number of ketones is 2. The van der Waals surface area contributed by atoms with E-state index in [-0.39, 0.29) is 35.3 Å². The molecule has 4 nitrogen and oxygen atoms in total. The Kier molecular flexibility index (Phi) is 33.1. The van der Waals surface area contributed by atoms with E-state index in [1.807, 2.05) is 0 Å². The van der Waals surface area contributed by atoms with Gasteiger partial charge in [-0.2, -0.15) is 12.6 Å². The van der Waals surface area contributed by atoms with Crippen molar-refractivity contribution in [3.8, 4) is 0 Å². The number of carbonyl (C=O) groups excluding carboxylic acids is 4. The second-order valence-corrected chi connectivity index (χ2v) is 16.8. The van der Waals surface area contributed by atoms with Gasteiger partial charge < -0.3 is 19.2 Å². The van der Waals surface area contributed by atoms with Crippen LogP contribution in [0.2, 0.25) is 0 Å². The molecule has 0 bridgehead atoms. The molecule has 0 saturated carbocycles. The Bertz CT molecular complexity index is 382. The molecule has 0 radical (unpaired) electrons. The summed E-state index contributed by atoms with van der Waals surface area (Å²) >= 11 is 0. The fraction of sp³-hybridized carbons (Fsp3) is 0.833. The molecule has 0 amide bonds. The summed E-state index contributed by atoms with van der Waals surface area (Å²) in [7, 11) is 0.525. The smallest absolute Gasteiger partial charge is 0.534 e. The van der Waals surface area contributed by atoms with Crippen LogP contribution in [0.25, 0.3) is 0 Å². The molecule has 0 N–H and O–H groups in total. The zero-order valence-electron chi connectivity index (χ0n) is 22.3. The first kappa shape index (κ1) is 41.4. The average Bonchev–Trinajstić information content (AvgIpc) is 2.53. The Labute approximate surface area is 209 Å². The standard InChI is InChI=1S/2C9H21P.2C3H3O2.Ru/c2*1-7(2)10(8(3)4)9(5)6;2*1-3(5)2-4;/h2*7-9H,1-6H3;2*1H3;/q;;2*-1;+2. The van der Waals surface area contributed by atoms with Crippen molar-refractivity contribution in [2.75, 3.05) is 0 Å². The van der Waals surface area contributed by atoms with Gasteiger partial charge in [0.05, 0.1) is 0 Å². The summed E-state index contributed by atoms with van der Waals surface area (Å²) in [5.74, 6) is -1.10. The van der Waals surface area contributed by atoms with Gasteiger partial charge in [-0.15, -0.1) is 0 Å². The van der Waals surface area contributed by atoms with Gasteiger partial charge in [0.1, 0.15) is 0 Å². The van der Waals surface area contributed by atoms with E-state index >= 15 is 0 Å². The minimum atomic E-state index is -0.551. The topological polar surface area (TPSA) is 68.3 Å². The van der Waals surface area contributed by atoms with E-state index in [0.717, 1.165) is 60.4 Å². The van der Waals surface area contributed by atoms with Crippen LogP contribution in [-0.4, -0.2) is 58.1 Å². The third kappa shape index (κ3) is 30.2. The number of Topliss-reactive ketones (excluding diaryl/α,β-unsaturated/α-hetero) is 2. The van der Waals surface area contributed by atoms with E-state index in [9.17, 15) is 9.59 Å². The zero-order valence-corrected chi connectivity index (χ0v) is 25.9. The number of rotatable bonds is 8. The maximum atomic E-state index is 9.39. The molecule has 0 aromatic heterocycles. The van der Waals surface area contributed by atoms with E-state index in [2.05, 4.69) is 83.1 Å². The average molecular weight is 564 g/mol. The molecule has 0 heterocycles. The first-order valence-electron chi connectivity index (χ1n) is 10.8. The monoisotopic (exact) mass is 564 g/mol. The summed E-state index contributed by atoms with van der Waals surface area (Å²) in [6, 6.07) is 0. The summed E-state index contributed by atoms with van der Waals surface area (Å²) in [5.41, 5.74) is 5.39. The second kappa shape index (κ2) is 24.8. The van der Waals surface area contributed by atoms with E-state index < -0.39 is 11.6 Å². The Hall–Kier alpha value is 0.163. The van der Waals surface area contributed by atoms with Gasteiger partial charge in [0.15, 0.2) is 0 Å². The van der Waals surface area contributed by atoms with E-state index in [0.29, 0.717) is 0 Å². The van der Waals surface area contributed by atoms with Crippen molar-refractivity contribution in [1.82, 2.24) is 0 Å². The van der Waals surface area contributed by atoms with Crippen molar-refractivity contribution in [2.24, 2.45) is 0 Å². The molecule has 0 aliphatic carbocycles. The number of hydrogen-bond acceptors (Lipinski definition) is 4. The molecular formula is C24H48O4P2Ru. The van der Waals surface area contributed by atoms with Crippen LogP contribution in [0.15, 0.2) is 0 Å². The molecular weight excluding hydrogens is 515 g/mol. The SMILES string of the molecule is CC(=O)[C-]=O.CC(=O)[C-]=O.CC(C)P(C(C)C)C(C)C.CC(C)P(C(C)C)C(C)C.[Ru+2]. The molecule has 0 spiro atoms. The Morgan fingerprint density at radius 1 is 0.484 bits per heavy atom. The summed E-state index contributed by atoms with van der Waals surface area (Å²) in [4.78, 5) is 36.8. The number of hydrogen-bond donors (Lipinski definition) is 0. The van der Waals surface area contributed by atoms with Crippen LogP contribution in [0, 0.1) is 0 Å². The molecule has 0 unspecified atom stereocenters. The van der Waals surface area contributed by atoms with Gasteiger partial charge in [-0.25, -0.2) is 0 Å². The van der Waals surface area contributed by atoms with Crippen LogP contribution in [0.4, 0.5) is 0 Å². The summed E-state index contributed by atoms with van der Waals surface area (Å²) in [6.45, 7) is 30.6. The maximum Gasteiger partial charge on any atom is 2.00 e. The van der Waals surface area contributed by atoms with E-state index in [1.54, 1.807) is 0 Å². The molecule has 0 fully saturated rings. The second-order valence-electron chi connectivity index (χ2n) is 8.77. The first-order valence-corrected chi connectivity index (χ1v) is 13.9. The fourth-order valence-electron chi connectivity index (χ4n) is 3.58. The van der Waals surface area contributed by atoms with Crippen LogP contribution < -0.4 is 0 Å². The molecule has 0 saturated heterocycles. The van der Waals surface area contributed by atoms with Crippen molar-refractivity contribution in [3.63, 3.8) is 0 Å². The molecule has 186 valence electrons. The molecule has 0 aromatic carbocycles. The van der Waals surface area contributed by atoms with Crippen molar-refractivity contribution >= 4 is 40.0 Å². The van der Waals surface area contributed by atoms with Crippen LogP contribution in [0.3, 0.4) is 0 Å². The Morgan fingerprint density at radius 3 is 0.581 bits per heavy atom. The fourth-order valence-corrected chi connectivity index (χ4v) is 10.7. The van der Waals surface area contributed by atoms with E-state index in [1.165, 1.54) is 0 Å². The molecule has 0 aliphatic heterocycles. The third-order valence-electron chi connectivity index (χ3n) is 3.87. The molecule has 0 aliphatic rings. The first-order chi connectivity index (χ1) is 13.5. The van der Waals surface area contributed by atoms with Gasteiger partial charge in [0, 0.05) is 11.6 Å². The van der Waals surface area contributed by atoms with Gasteiger partial charge in [-0.1, -0.05) is 98.9 Å². The van der Waals surface area contributed by atoms with Gasteiger partial charge >= 0.3 is 19.5 Å². The van der Waals surface area contributed by atoms with Crippen molar-refractivity contribution in [3.05, 3.63) is 0 Å². The van der Waals surface area contributed by atoms with Gasteiger partial charge in [0.25, 0.3) is 0 Å². The normalized spacial score (nSPS) is 10.3. The largest absolute Gasteiger partial charge is 2.00 e. The van der Waals surface area contributed by atoms with Gasteiger partial charge in [0.2, 0.25) is 0 Å². The van der Waals surface area contributed by atoms with Crippen molar-refractivity contribution in [2.45, 2.75) is 131 Å². The minimum absolute atomic E-state index is 0. The predicted molar refractivity (Wildman–Crippen MR) is 137 cm³/mol. The molecule has 0 atom stereocenters. The van der Waals surface area contributed by atoms with Gasteiger partial charge in [-0.3, -0.25) is 0 Å². The Balaban J connectivity index is -0.000000101. The van der Waals surface area contributed by atoms with Crippen LogP contribution in [0.1, 0.15) is 96.9 Å². The minimum Gasteiger partial charge on any atom is -0.534 e. The maximum absolute atomic E-state index is 9.39. The summed E-state index contributed by atoms with van der Waals surface area (Å²) in [5, 5.41) is 0. The van der Waals surface area contributed by atoms with Crippen molar-refractivity contribution < 1.29 is 38.7 Å². The van der Waals surface area contributed by atoms with E-state index in [4.69, 9.17) is 9.59 Å². The predicted octanol–water partition coefficient (Wildman–Crippen LogP) is 6.75.